The summed E-state index contributed by atoms with van der Waals surface area (Å²) in [6, 6.07) is 15.6. The number of nitrogens with one attached hydrogen (secondary N) is 1. The molecule has 0 aliphatic carbocycles. The first-order valence-corrected chi connectivity index (χ1v) is 12.9. The molecule has 2 amide bonds. The van der Waals surface area contributed by atoms with Crippen LogP contribution in [0.15, 0.2) is 65.7 Å². The molecule has 0 aromatic heterocycles. The van der Waals surface area contributed by atoms with Gasteiger partial charge < -0.3 is 14.8 Å². The van der Waals surface area contributed by atoms with E-state index >= 15 is 0 Å². The summed E-state index contributed by atoms with van der Waals surface area (Å²) in [4.78, 5) is 32.5. The van der Waals surface area contributed by atoms with Crippen molar-refractivity contribution in [2.75, 3.05) is 12.1 Å². The van der Waals surface area contributed by atoms with Gasteiger partial charge in [-0.15, -0.1) is 0 Å². The number of fused-ring (bicyclic) bond motifs is 1. The summed E-state index contributed by atoms with van der Waals surface area (Å²) in [5.41, 5.74) is 2.63. The highest BCUT2D eigenvalue weighted by Gasteiger charge is 2.39. The van der Waals surface area contributed by atoms with Crippen LogP contribution in [0, 0.1) is 13.8 Å². The number of aliphatic imine (C=N–C) groups is 1. The fourth-order valence-electron chi connectivity index (χ4n) is 4.28. The standard InChI is InChI=1S/C28H24F3N3O4S/c1-16-6-8-21(17(2)10-16)33-27-34(14-18-7-9-22-23(11-18)38-15-37-22)26(36)24(39-27)13-25(35)32-20-5-3-4-19(12-20)28(29,30)31/h3-12,24H,13-15H2,1-2H3,(H,32,35). The molecule has 0 spiro atoms. The smallest absolute Gasteiger partial charge is 0.416 e. The van der Waals surface area contributed by atoms with E-state index in [-0.39, 0.29) is 31.4 Å². The number of rotatable bonds is 6. The highest BCUT2D eigenvalue weighted by Crippen LogP contribution is 2.37. The molecule has 2 heterocycles. The number of hydrogen-bond donors (Lipinski definition) is 1. The second-order valence-electron chi connectivity index (χ2n) is 9.23. The zero-order valence-corrected chi connectivity index (χ0v) is 21.9. The van der Waals surface area contributed by atoms with E-state index in [0.29, 0.717) is 22.4 Å². The molecule has 11 heteroatoms. The van der Waals surface area contributed by atoms with E-state index in [2.05, 4.69) is 5.32 Å². The SMILES string of the molecule is Cc1ccc(N=C2SC(CC(=O)Nc3cccc(C(F)(F)F)c3)C(=O)N2Cc2ccc3c(c2)OCO3)c(C)c1. The summed E-state index contributed by atoms with van der Waals surface area (Å²) in [5, 5.41) is 2.12. The van der Waals surface area contributed by atoms with Crippen LogP contribution in [0.5, 0.6) is 11.5 Å². The van der Waals surface area contributed by atoms with Gasteiger partial charge >= 0.3 is 6.18 Å². The number of anilines is 1. The highest BCUT2D eigenvalue weighted by atomic mass is 32.2. The molecule has 5 rings (SSSR count). The average molecular weight is 556 g/mol. The fraction of sp³-hybridized carbons (Fsp3) is 0.250. The van der Waals surface area contributed by atoms with Gasteiger partial charge in [0, 0.05) is 12.1 Å². The van der Waals surface area contributed by atoms with Crippen molar-refractivity contribution in [1.29, 1.82) is 0 Å². The van der Waals surface area contributed by atoms with Gasteiger partial charge in [-0.1, -0.05) is 41.6 Å². The Morgan fingerprint density at radius 3 is 2.64 bits per heavy atom. The summed E-state index contributed by atoms with van der Waals surface area (Å²) in [6.45, 7) is 4.22. The molecule has 2 aliphatic rings. The first-order chi connectivity index (χ1) is 18.6. The van der Waals surface area contributed by atoms with E-state index in [9.17, 15) is 22.8 Å². The number of aryl methyl sites for hydroxylation is 2. The largest absolute Gasteiger partial charge is 0.454 e. The van der Waals surface area contributed by atoms with Crippen LogP contribution < -0.4 is 14.8 Å². The van der Waals surface area contributed by atoms with Gasteiger partial charge in [-0.25, -0.2) is 4.99 Å². The third-order valence-corrected chi connectivity index (χ3v) is 7.39. The average Bonchev–Trinajstić information content (AvgIpc) is 3.45. The third-order valence-electron chi connectivity index (χ3n) is 6.21. The first-order valence-electron chi connectivity index (χ1n) is 12.1. The normalized spacial score (nSPS) is 17.7. The lowest BCUT2D eigenvalue weighted by Gasteiger charge is -2.17. The second kappa shape index (κ2) is 10.6. The van der Waals surface area contributed by atoms with E-state index in [1.54, 1.807) is 12.1 Å². The molecule has 0 radical (unpaired) electrons. The van der Waals surface area contributed by atoms with Crippen molar-refractivity contribution in [3.63, 3.8) is 0 Å². The summed E-state index contributed by atoms with van der Waals surface area (Å²) >= 11 is 1.16. The summed E-state index contributed by atoms with van der Waals surface area (Å²) in [6.07, 6.45) is -4.77. The van der Waals surface area contributed by atoms with Crippen LogP contribution in [-0.2, 0) is 22.3 Å². The van der Waals surface area contributed by atoms with Gasteiger partial charge in [0.1, 0.15) is 5.25 Å². The van der Waals surface area contributed by atoms with Gasteiger partial charge in [-0.05, 0) is 61.4 Å². The lowest BCUT2D eigenvalue weighted by atomic mass is 10.1. The Balaban J connectivity index is 1.37. The molecule has 7 nitrogen and oxygen atoms in total. The zero-order valence-electron chi connectivity index (χ0n) is 21.0. The molecular weight excluding hydrogens is 531 g/mol. The molecule has 0 saturated carbocycles. The van der Waals surface area contributed by atoms with Gasteiger partial charge in [0.25, 0.3) is 0 Å². The minimum atomic E-state index is -4.54. The van der Waals surface area contributed by atoms with Gasteiger partial charge in [0.2, 0.25) is 18.6 Å². The van der Waals surface area contributed by atoms with Crippen LogP contribution in [-0.4, -0.2) is 33.9 Å². The van der Waals surface area contributed by atoms with Crippen LogP contribution in [0.4, 0.5) is 24.5 Å². The molecule has 0 bridgehead atoms. The van der Waals surface area contributed by atoms with Crippen LogP contribution >= 0.6 is 11.8 Å². The number of amidine groups is 1. The Labute approximate surface area is 227 Å². The van der Waals surface area contributed by atoms with E-state index < -0.39 is 22.9 Å². The Bertz CT molecular complexity index is 1470. The number of nitrogens with zero attached hydrogens (tertiary/aromatic N) is 2. The fourth-order valence-corrected chi connectivity index (χ4v) is 5.43. The first kappa shape index (κ1) is 26.6. The zero-order chi connectivity index (χ0) is 27.7. The highest BCUT2D eigenvalue weighted by molar-refractivity contribution is 8.15. The number of ether oxygens (including phenoxy) is 2. The molecule has 1 unspecified atom stereocenters. The van der Waals surface area contributed by atoms with Crippen LogP contribution in [0.2, 0.25) is 0 Å². The molecule has 3 aromatic rings. The van der Waals surface area contributed by atoms with Gasteiger partial charge in [0.15, 0.2) is 16.7 Å². The van der Waals surface area contributed by atoms with Crippen LogP contribution in [0.3, 0.4) is 0 Å². The number of alkyl halides is 3. The number of carbonyl (C=O) groups excluding carboxylic acids is 2. The van der Waals surface area contributed by atoms with Crippen molar-refractivity contribution in [3.05, 3.63) is 82.9 Å². The lowest BCUT2D eigenvalue weighted by Crippen LogP contribution is -2.33. The van der Waals surface area contributed by atoms with Crippen LogP contribution in [0.1, 0.15) is 28.7 Å². The van der Waals surface area contributed by atoms with Crippen molar-refractivity contribution in [2.24, 2.45) is 4.99 Å². The van der Waals surface area contributed by atoms with Gasteiger partial charge in [-0.2, -0.15) is 13.2 Å². The monoisotopic (exact) mass is 555 g/mol. The Morgan fingerprint density at radius 2 is 1.87 bits per heavy atom. The maximum absolute atomic E-state index is 13.5. The minimum absolute atomic E-state index is 0.00616. The Hall–Kier alpha value is -3.99. The van der Waals surface area contributed by atoms with Gasteiger partial charge in [0.05, 0.1) is 17.8 Å². The molecule has 39 heavy (non-hydrogen) atoms. The minimum Gasteiger partial charge on any atom is -0.454 e. The number of halogens is 3. The summed E-state index contributed by atoms with van der Waals surface area (Å²) in [7, 11) is 0. The second-order valence-corrected chi connectivity index (χ2v) is 10.4. The van der Waals surface area contributed by atoms with Crippen molar-refractivity contribution >= 4 is 40.1 Å². The molecular formula is C28H24F3N3O4S. The molecule has 1 fully saturated rings. The molecule has 1 atom stereocenters. The Morgan fingerprint density at radius 1 is 1.08 bits per heavy atom. The topological polar surface area (TPSA) is 80.2 Å². The summed E-state index contributed by atoms with van der Waals surface area (Å²) < 4.78 is 50.0. The molecule has 1 N–H and O–H groups in total. The predicted octanol–water partition coefficient (Wildman–Crippen LogP) is 6.21. The van der Waals surface area contributed by atoms with Crippen LogP contribution in [0.25, 0.3) is 0 Å². The molecule has 1 saturated heterocycles. The van der Waals surface area contributed by atoms with Crippen molar-refractivity contribution in [2.45, 2.75) is 38.2 Å². The van der Waals surface area contributed by atoms with E-state index in [1.165, 1.54) is 17.0 Å². The summed E-state index contributed by atoms with van der Waals surface area (Å²) in [5.74, 6) is 0.308. The quantitative estimate of drug-likeness (QED) is 0.391. The molecule has 2 aliphatic heterocycles. The van der Waals surface area contributed by atoms with Crippen molar-refractivity contribution in [1.82, 2.24) is 4.90 Å². The van der Waals surface area contributed by atoms with Crippen molar-refractivity contribution < 1.29 is 32.2 Å². The van der Waals surface area contributed by atoms with Gasteiger partial charge in [-0.3, -0.25) is 14.5 Å². The molecule has 3 aromatic carbocycles. The maximum Gasteiger partial charge on any atom is 0.416 e. The molecule has 202 valence electrons. The lowest BCUT2D eigenvalue weighted by molar-refractivity contribution is -0.137. The number of thioether (sulfide) groups is 1. The third kappa shape index (κ3) is 6.03. The van der Waals surface area contributed by atoms with E-state index in [0.717, 1.165) is 40.6 Å². The number of hydrogen-bond acceptors (Lipinski definition) is 6. The number of carbonyl (C=O) groups is 2. The van der Waals surface area contributed by atoms with E-state index in [1.807, 2.05) is 38.1 Å². The number of benzene rings is 3. The van der Waals surface area contributed by atoms with Crippen molar-refractivity contribution in [3.8, 4) is 11.5 Å². The maximum atomic E-state index is 13.5. The number of amides is 2. The van der Waals surface area contributed by atoms with E-state index in [4.69, 9.17) is 14.5 Å². The predicted molar refractivity (Wildman–Crippen MR) is 142 cm³/mol. The Kier molecular flexibility index (Phi) is 7.26.